The van der Waals surface area contributed by atoms with Gasteiger partial charge in [-0.25, -0.2) is 14.8 Å². The molecule has 0 aromatic heterocycles. The number of carboxylic acid groups (broad SMARTS) is 1. The van der Waals surface area contributed by atoms with Crippen LogP contribution in [0, 0.1) is 5.41 Å². The number of fused-ring (bicyclic) bond motifs is 1. The van der Waals surface area contributed by atoms with E-state index in [0.717, 1.165) is 0 Å². The molecular weight excluding hydrogens is 784 g/mol. The Kier molecular flexibility index (Phi) is 10.8. The highest BCUT2D eigenvalue weighted by atomic mass is 16.7. The van der Waals surface area contributed by atoms with E-state index in [0.29, 0.717) is 48.3 Å². The first-order valence-corrected chi connectivity index (χ1v) is 19.1. The molecule has 2 fully saturated rings. The zero-order chi connectivity index (χ0) is 42.3. The third kappa shape index (κ3) is 7.66. The number of benzene rings is 3. The Morgan fingerprint density at radius 1 is 1.03 bits per heavy atom. The van der Waals surface area contributed by atoms with Crippen LogP contribution in [0.2, 0.25) is 0 Å². The van der Waals surface area contributed by atoms with Crippen LogP contribution in [0.1, 0.15) is 54.9 Å². The van der Waals surface area contributed by atoms with Crippen LogP contribution in [0.5, 0.6) is 34.5 Å². The van der Waals surface area contributed by atoms with Crippen LogP contribution in [-0.4, -0.2) is 120 Å². The summed E-state index contributed by atoms with van der Waals surface area (Å²) in [6.45, 7) is -0.0873. The number of rotatable bonds is 13. The van der Waals surface area contributed by atoms with Crippen molar-refractivity contribution in [3.8, 4) is 34.5 Å². The quantitative estimate of drug-likeness (QED) is 0.120. The zero-order valence-electron chi connectivity index (χ0n) is 31.8. The van der Waals surface area contributed by atoms with Gasteiger partial charge in [-0.3, -0.25) is 10.4 Å². The molecule has 4 aliphatic heterocycles. The number of hydrogen-bond acceptors (Lipinski definition) is 16. The molecule has 7 atom stereocenters. The van der Waals surface area contributed by atoms with Crippen molar-refractivity contribution in [2.45, 2.75) is 80.1 Å². The first-order valence-electron chi connectivity index (χ1n) is 19.1. The highest BCUT2D eigenvalue weighted by Gasteiger charge is 2.59. The van der Waals surface area contributed by atoms with Gasteiger partial charge in [0.05, 0.1) is 12.3 Å². The molecule has 9 N–H and O–H groups in total. The number of aliphatic hydroxyl groups excluding tert-OH is 4. The van der Waals surface area contributed by atoms with Gasteiger partial charge in [-0.2, -0.15) is 0 Å². The second kappa shape index (κ2) is 16.0. The summed E-state index contributed by atoms with van der Waals surface area (Å²) in [4.78, 5) is 24.4. The molecule has 0 bridgehead atoms. The van der Waals surface area contributed by atoms with E-state index in [9.17, 15) is 45.6 Å². The van der Waals surface area contributed by atoms with Gasteiger partial charge in [-0.15, -0.1) is 0 Å². The minimum Gasteiger partial charge on any atom is -0.508 e. The number of phenols is 2. The minimum atomic E-state index is -2.56. The van der Waals surface area contributed by atoms with Crippen LogP contribution in [0.4, 0.5) is 0 Å². The number of aromatic hydroxyl groups is 2. The largest absolute Gasteiger partial charge is 0.508 e. The Morgan fingerprint density at radius 3 is 2.47 bits per heavy atom. The fourth-order valence-corrected chi connectivity index (χ4v) is 8.01. The number of nitrogens with one attached hydrogen (secondary N) is 1. The minimum absolute atomic E-state index is 0.0284. The number of aliphatic imine (C=N–C) groups is 3. The number of amidine groups is 1. The normalized spacial score (nSPS) is 27.0. The fraction of sp³-hybridized carbons (Fsp3) is 0.357. The van der Waals surface area contributed by atoms with E-state index in [1.54, 1.807) is 36.4 Å². The van der Waals surface area contributed by atoms with Crippen LogP contribution in [-0.2, 0) is 15.1 Å². The number of ether oxygens (including phenoxy) is 5. The number of nitrogens with zero attached hydrogens (tertiary/aromatic N) is 3. The molecule has 0 radical (unpaired) electrons. The molecule has 1 unspecified atom stereocenters. The Hall–Kier alpha value is -6.31. The van der Waals surface area contributed by atoms with Gasteiger partial charge in [0.1, 0.15) is 83.0 Å². The van der Waals surface area contributed by atoms with Crippen molar-refractivity contribution in [1.82, 2.24) is 0 Å². The van der Waals surface area contributed by atoms with Gasteiger partial charge in [0, 0.05) is 24.3 Å². The van der Waals surface area contributed by atoms with E-state index in [1.165, 1.54) is 42.8 Å². The third-order valence-corrected chi connectivity index (χ3v) is 11.1. The summed E-state index contributed by atoms with van der Waals surface area (Å²) in [6, 6.07) is 14.2. The van der Waals surface area contributed by atoms with E-state index in [-0.39, 0.29) is 53.3 Å². The van der Waals surface area contributed by atoms with Gasteiger partial charge >= 0.3 is 5.97 Å². The fourth-order valence-electron chi connectivity index (χ4n) is 8.01. The first kappa shape index (κ1) is 40.5. The van der Waals surface area contributed by atoms with Crippen molar-refractivity contribution in [2.75, 3.05) is 13.2 Å². The monoisotopic (exact) mass is 826 g/mol. The molecule has 1 saturated heterocycles. The molecule has 3 aromatic rings. The highest BCUT2D eigenvalue weighted by molar-refractivity contribution is 6.15. The van der Waals surface area contributed by atoms with Crippen molar-refractivity contribution in [1.29, 1.82) is 5.41 Å². The van der Waals surface area contributed by atoms with Crippen molar-refractivity contribution >= 4 is 35.3 Å². The summed E-state index contributed by atoms with van der Waals surface area (Å²) in [5.41, 5.74) is -2.21. The molecule has 314 valence electrons. The van der Waals surface area contributed by atoms with E-state index < -0.39 is 71.9 Å². The summed E-state index contributed by atoms with van der Waals surface area (Å²) in [5.74, 6) is -3.13. The number of hydrogen-bond donors (Lipinski definition) is 9. The number of aliphatic hydroxyl groups is 5. The van der Waals surface area contributed by atoms with Gasteiger partial charge in [-0.05, 0) is 73.2 Å². The summed E-state index contributed by atoms with van der Waals surface area (Å²) in [6.07, 6.45) is -2.95. The predicted octanol–water partition coefficient (Wildman–Crippen LogP) is 3.22. The number of carbonyl (C=O) groups is 1. The van der Waals surface area contributed by atoms with E-state index in [1.807, 2.05) is 0 Å². The molecule has 4 heterocycles. The maximum Gasteiger partial charge on any atom is 0.336 e. The van der Waals surface area contributed by atoms with E-state index in [2.05, 4.69) is 15.0 Å². The molecule has 60 heavy (non-hydrogen) atoms. The third-order valence-electron chi connectivity index (χ3n) is 11.1. The Balaban J connectivity index is 1.12. The average Bonchev–Trinajstić information content (AvgIpc) is 4.02. The number of carboxylic acids is 1. The Bertz CT molecular complexity index is 2340. The molecule has 1 aliphatic carbocycles. The van der Waals surface area contributed by atoms with Crippen LogP contribution < -0.4 is 18.9 Å². The SMILES string of the molecule is N=C1C=CC([C@@H](O)COc2ccc(C3C=C(O)c4c(cc(O[C@@H]5O[C@H](C(=O)O)[C@](O)(CC6=NC=NC6)[C@@H](O)[C@H]5O)c(OC5(c6cccc(O)c6)CCCC5)c4O)O3)cc2)=N1. The van der Waals surface area contributed by atoms with Gasteiger partial charge in [0.2, 0.25) is 12.0 Å². The summed E-state index contributed by atoms with van der Waals surface area (Å²) in [7, 11) is 0. The lowest BCUT2D eigenvalue weighted by molar-refractivity contribution is -0.303. The average molecular weight is 827 g/mol. The predicted molar refractivity (Wildman–Crippen MR) is 213 cm³/mol. The second-order valence-corrected chi connectivity index (χ2v) is 15.1. The van der Waals surface area contributed by atoms with Crippen molar-refractivity contribution in [3.63, 3.8) is 0 Å². The molecule has 0 amide bonds. The zero-order valence-corrected chi connectivity index (χ0v) is 31.8. The van der Waals surface area contributed by atoms with Gasteiger partial charge in [-0.1, -0.05) is 24.3 Å². The summed E-state index contributed by atoms with van der Waals surface area (Å²) in [5, 5.41) is 96.1. The van der Waals surface area contributed by atoms with Crippen LogP contribution in [0.15, 0.2) is 87.8 Å². The molecule has 5 aliphatic rings. The molecule has 1 saturated carbocycles. The maximum absolute atomic E-state index is 12.5. The topological polar surface area (TPSA) is 286 Å². The second-order valence-electron chi connectivity index (χ2n) is 15.1. The Labute approximate surface area is 341 Å². The van der Waals surface area contributed by atoms with E-state index >= 15 is 0 Å². The molecule has 18 nitrogen and oxygen atoms in total. The molecular formula is C42H42N4O14. The Morgan fingerprint density at radius 2 is 1.80 bits per heavy atom. The van der Waals surface area contributed by atoms with Crippen LogP contribution >= 0.6 is 0 Å². The summed E-state index contributed by atoms with van der Waals surface area (Å²) < 4.78 is 30.5. The van der Waals surface area contributed by atoms with Gasteiger partial charge in [0.15, 0.2) is 17.6 Å². The first-order chi connectivity index (χ1) is 28.7. The van der Waals surface area contributed by atoms with Crippen molar-refractivity contribution in [2.24, 2.45) is 15.0 Å². The van der Waals surface area contributed by atoms with Crippen molar-refractivity contribution < 1.29 is 69.3 Å². The van der Waals surface area contributed by atoms with Crippen LogP contribution in [0.3, 0.4) is 0 Å². The smallest absolute Gasteiger partial charge is 0.336 e. The standard InChI is InChI=1S/C42H42N4O14/c43-32-11-10-26(46-32)28(49)19-56-25-8-6-21(7-9-25)29-15-27(48)33-30(57-29)16-31(36(34(33)50)60-41(12-1-2-13-41)22-4-3-5-24(47)14-22)58-40-35(51)37(52)42(55,38(59-40)39(53)54)17-23-18-44-20-45-23/h3-11,14-16,20,28-29,35,37-38,40,43,47-52,55H,1-2,12-13,17-19H2,(H,53,54)/t28-,29?,35+,37-,38+,40+,42-/m0/s1. The lowest BCUT2D eigenvalue weighted by Gasteiger charge is -2.46. The molecule has 3 aromatic carbocycles. The van der Waals surface area contributed by atoms with Crippen molar-refractivity contribution in [3.05, 3.63) is 89.5 Å². The molecule has 8 rings (SSSR count). The van der Waals surface area contributed by atoms with Crippen LogP contribution in [0.25, 0.3) is 5.76 Å². The lowest BCUT2D eigenvalue weighted by Crippen LogP contribution is -2.69. The molecule has 0 spiro atoms. The maximum atomic E-state index is 12.5. The summed E-state index contributed by atoms with van der Waals surface area (Å²) >= 11 is 0. The molecule has 18 heteroatoms. The number of aliphatic carboxylic acids is 1. The van der Waals surface area contributed by atoms with Gasteiger partial charge in [0.25, 0.3) is 0 Å². The number of phenolic OH excluding ortho intramolecular Hbond substituents is 2. The van der Waals surface area contributed by atoms with Gasteiger partial charge < -0.3 is 64.5 Å². The highest BCUT2D eigenvalue weighted by Crippen LogP contribution is 2.55. The lowest BCUT2D eigenvalue weighted by atomic mass is 9.80. The van der Waals surface area contributed by atoms with E-state index in [4.69, 9.17) is 29.1 Å².